The summed E-state index contributed by atoms with van der Waals surface area (Å²) in [5.41, 5.74) is 1.59. The number of pyridine rings is 1. The van der Waals surface area contributed by atoms with Gasteiger partial charge in [0.1, 0.15) is 0 Å². The highest BCUT2D eigenvalue weighted by Crippen LogP contribution is 2.22. The molecule has 2 aliphatic rings. The number of carbonyl (C=O) groups is 1. The van der Waals surface area contributed by atoms with E-state index in [4.69, 9.17) is 0 Å². The first-order valence-corrected chi connectivity index (χ1v) is 10.5. The van der Waals surface area contributed by atoms with Gasteiger partial charge in [-0.25, -0.2) is 4.98 Å². The van der Waals surface area contributed by atoms with Crippen molar-refractivity contribution in [3.05, 3.63) is 47.3 Å². The third-order valence-electron chi connectivity index (χ3n) is 6.36. The molecule has 4 heterocycles. The highest BCUT2D eigenvalue weighted by Gasteiger charge is 2.28. The molecule has 1 atom stereocenters. The summed E-state index contributed by atoms with van der Waals surface area (Å²) < 4.78 is 1.73. The van der Waals surface area contributed by atoms with Crippen LogP contribution in [-0.2, 0) is 11.3 Å². The summed E-state index contributed by atoms with van der Waals surface area (Å²) in [5, 5.41) is 0. The molecular weight excluding hydrogens is 366 g/mol. The molecule has 1 amide bonds. The fourth-order valence-electron chi connectivity index (χ4n) is 4.45. The standard InChI is InChI=1S/C22H29N5O2/c1-25-19(3-2-4-21(25)28)15-26-11-7-17(8-12-26)14-27-16-24-20(13-22(27)29)18-5-9-23-10-6-18/h5-6,9-10,13,16-17,19H,2-4,7-8,11-12,14-15H2,1H3. The van der Waals surface area contributed by atoms with Crippen LogP contribution in [0.3, 0.4) is 0 Å². The molecule has 4 rings (SSSR count). The molecule has 0 aliphatic carbocycles. The third-order valence-corrected chi connectivity index (χ3v) is 6.36. The summed E-state index contributed by atoms with van der Waals surface area (Å²) in [5.74, 6) is 0.765. The largest absolute Gasteiger partial charge is 0.341 e. The van der Waals surface area contributed by atoms with Crippen molar-refractivity contribution in [3.63, 3.8) is 0 Å². The minimum atomic E-state index is -0.00316. The van der Waals surface area contributed by atoms with Crippen molar-refractivity contribution < 1.29 is 4.79 Å². The van der Waals surface area contributed by atoms with Crippen molar-refractivity contribution in [2.75, 3.05) is 26.7 Å². The predicted octanol–water partition coefficient (Wildman–Crippen LogP) is 2.03. The Hall–Kier alpha value is -2.54. The van der Waals surface area contributed by atoms with Crippen molar-refractivity contribution >= 4 is 5.91 Å². The van der Waals surface area contributed by atoms with Gasteiger partial charge in [0.25, 0.3) is 5.56 Å². The summed E-state index contributed by atoms with van der Waals surface area (Å²) in [6.45, 7) is 3.75. The number of nitrogens with zero attached hydrogens (tertiary/aromatic N) is 5. The molecule has 0 bridgehead atoms. The fourth-order valence-corrected chi connectivity index (χ4v) is 4.45. The van der Waals surface area contributed by atoms with Crippen LogP contribution < -0.4 is 5.56 Å². The van der Waals surface area contributed by atoms with Gasteiger partial charge < -0.3 is 9.80 Å². The Kier molecular flexibility index (Phi) is 6.04. The number of rotatable bonds is 5. The normalized spacial score (nSPS) is 21.5. The lowest BCUT2D eigenvalue weighted by Gasteiger charge is -2.39. The second kappa shape index (κ2) is 8.86. The van der Waals surface area contributed by atoms with Gasteiger partial charge in [0, 0.05) is 56.6 Å². The van der Waals surface area contributed by atoms with Gasteiger partial charge in [-0.1, -0.05) is 0 Å². The number of likely N-dealkylation sites (tertiary alicyclic amines) is 2. The van der Waals surface area contributed by atoms with Crippen LogP contribution >= 0.6 is 0 Å². The number of carbonyl (C=O) groups excluding carboxylic acids is 1. The van der Waals surface area contributed by atoms with E-state index in [9.17, 15) is 9.59 Å². The molecule has 0 radical (unpaired) electrons. The van der Waals surface area contributed by atoms with Crippen molar-refractivity contribution in [3.8, 4) is 11.3 Å². The third kappa shape index (κ3) is 4.72. The number of likely N-dealkylation sites (N-methyl/N-ethyl adjacent to an activating group) is 1. The maximum Gasteiger partial charge on any atom is 0.253 e. The molecule has 7 nitrogen and oxygen atoms in total. The second-order valence-electron chi connectivity index (χ2n) is 8.30. The summed E-state index contributed by atoms with van der Waals surface area (Å²) in [7, 11) is 1.94. The molecule has 2 aromatic rings. The van der Waals surface area contributed by atoms with Gasteiger partial charge in [-0.15, -0.1) is 0 Å². The fraction of sp³-hybridized carbons (Fsp3) is 0.545. The van der Waals surface area contributed by atoms with E-state index in [1.54, 1.807) is 29.4 Å². The molecule has 0 N–H and O–H groups in total. The van der Waals surface area contributed by atoms with Gasteiger partial charge in [-0.2, -0.15) is 0 Å². The van der Waals surface area contributed by atoms with E-state index >= 15 is 0 Å². The molecular formula is C22H29N5O2. The Bertz CT molecular complexity index is 890. The maximum atomic E-state index is 12.5. The Morgan fingerprint density at radius 3 is 2.55 bits per heavy atom. The smallest absolute Gasteiger partial charge is 0.253 e. The van der Waals surface area contributed by atoms with E-state index in [2.05, 4.69) is 14.9 Å². The van der Waals surface area contributed by atoms with Gasteiger partial charge in [0.05, 0.1) is 12.0 Å². The molecule has 2 saturated heterocycles. The van der Waals surface area contributed by atoms with Crippen molar-refractivity contribution in [2.24, 2.45) is 5.92 Å². The highest BCUT2D eigenvalue weighted by molar-refractivity contribution is 5.76. The molecule has 1 unspecified atom stereocenters. The average Bonchev–Trinajstić information content (AvgIpc) is 2.75. The van der Waals surface area contributed by atoms with Gasteiger partial charge in [-0.05, 0) is 56.8 Å². The molecule has 2 aromatic heterocycles. The summed E-state index contributed by atoms with van der Waals surface area (Å²) in [6.07, 6.45) is 10.0. The van der Waals surface area contributed by atoms with Crippen LogP contribution in [0.2, 0.25) is 0 Å². The summed E-state index contributed by atoms with van der Waals surface area (Å²) in [4.78, 5) is 37.3. The molecule has 29 heavy (non-hydrogen) atoms. The summed E-state index contributed by atoms with van der Waals surface area (Å²) >= 11 is 0. The molecule has 2 fully saturated rings. The second-order valence-corrected chi connectivity index (χ2v) is 8.30. The van der Waals surface area contributed by atoms with Crippen molar-refractivity contribution in [1.82, 2.24) is 24.3 Å². The quantitative estimate of drug-likeness (QED) is 0.775. The van der Waals surface area contributed by atoms with Gasteiger partial charge in [-0.3, -0.25) is 19.1 Å². The number of piperidine rings is 2. The Morgan fingerprint density at radius 1 is 1.07 bits per heavy atom. The Morgan fingerprint density at radius 2 is 1.83 bits per heavy atom. The van der Waals surface area contributed by atoms with Crippen molar-refractivity contribution in [2.45, 2.75) is 44.7 Å². The topological polar surface area (TPSA) is 71.3 Å². The zero-order valence-corrected chi connectivity index (χ0v) is 17.0. The van der Waals surface area contributed by atoms with Crippen LogP contribution in [-0.4, -0.2) is 63.0 Å². The van der Waals surface area contributed by atoms with E-state index in [1.807, 2.05) is 24.1 Å². The molecule has 0 spiro atoms. The van der Waals surface area contributed by atoms with Crippen LogP contribution in [0.5, 0.6) is 0 Å². The van der Waals surface area contributed by atoms with E-state index in [0.29, 0.717) is 24.1 Å². The lowest BCUT2D eigenvalue weighted by Crippen LogP contribution is -2.49. The number of amides is 1. The number of hydrogen-bond acceptors (Lipinski definition) is 5. The van der Waals surface area contributed by atoms with Crippen LogP contribution in [0.1, 0.15) is 32.1 Å². The molecule has 0 saturated carbocycles. The maximum absolute atomic E-state index is 12.5. The first-order chi connectivity index (χ1) is 14.1. The minimum absolute atomic E-state index is 0.00316. The van der Waals surface area contributed by atoms with E-state index in [0.717, 1.165) is 57.4 Å². The molecule has 0 aromatic carbocycles. The van der Waals surface area contributed by atoms with Gasteiger partial charge >= 0.3 is 0 Å². The summed E-state index contributed by atoms with van der Waals surface area (Å²) in [6, 6.07) is 5.68. The van der Waals surface area contributed by atoms with Crippen LogP contribution in [0.25, 0.3) is 11.3 Å². The van der Waals surface area contributed by atoms with Crippen LogP contribution in [0.15, 0.2) is 41.7 Å². The SMILES string of the molecule is CN1C(=O)CCCC1CN1CCC(Cn2cnc(-c3ccncc3)cc2=O)CC1. The first-order valence-electron chi connectivity index (χ1n) is 10.5. The number of aromatic nitrogens is 3. The van der Waals surface area contributed by atoms with E-state index < -0.39 is 0 Å². The van der Waals surface area contributed by atoms with Gasteiger partial charge in [0.15, 0.2) is 0 Å². The van der Waals surface area contributed by atoms with Crippen molar-refractivity contribution in [1.29, 1.82) is 0 Å². The zero-order valence-electron chi connectivity index (χ0n) is 17.0. The monoisotopic (exact) mass is 395 g/mol. The van der Waals surface area contributed by atoms with Crippen LogP contribution in [0.4, 0.5) is 0 Å². The average molecular weight is 396 g/mol. The number of hydrogen-bond donors (Lipinski definition) is 0. The van der Waals surface area contributed by atoms with E-state index in [-0.39, 0.29) is 11.5 Å². The predicted molar refractivity (Wildman–Crippen MR) is 111 cm³/mol. The minimum Gasteiger partial charge on any atom is -0.341 e. The zero-order chi connectivity index (χ0) is 20.2. The Balaban J connectivity index is 1.31. The highest BCUT2D eigenvalue weighted by atomic mass is 16.2. The molecule has 2 aliphatic heterocycles. The van der Waals surface area contributed by atoms with Crippen LogP contribution in [0, 0.1) is 5.92 Å². The molecule has 7 heteroatoms. The molecule has 154 valence electrons. The first kappa shape index (κ1) is 19.8. The lowest BCUT2D eigenvalue weighted by atomic mass is 9.95. The van der Waals surface area contributed by atoms with Gasteiger partial charge in [0.2, 0.25) is 5.91 Å². The Labute approximate surface area is 171 Å². The lowest BCUT2D eigenvalue weighted by molar-refractivity contribution is -0.135. The van der Waals surface area contributed by atoms with E-state index in [1.165, 1.54) is 0 Å².